The largest absolute Gasteiger partial charge is 0.507 e. The van der Waals surface area contributed by atoms with E-state index in [9.17, 15) is 9.90 Å². The van der Waals surface area contributed by atoms with Gasteiger partial charge in [-0.1, -0.05) is 12.1 Å². The highest BCUT2D eigenvalue weighted by Gasteiger charge is 2.16. The van der Waals surface area contributed by atoms with Gasteiger partial charge in [-0.05, 0) is 12.1 Å². The Morgan fingerprint density at radius 3 is 2.40 bits per heavy atom. The van der Waals surface area contributed by atoms with Crippen LogP contribution in [0.15, 0.2) is 24.3 Å². The van der Waals surface area contributed by atoms with E-state index in [4.69, 9.17) is 14.9 Å². The quantitative estimate of drug-likeness (QED) is 0.607. The van der Waals surface area contributed by atoms with Gasteiger partial charge in [-0.25, -0.2) is 4.79 Å². The molecule has 0 aliphatic heterocycles. The molecule has 0 radical (unpaired) electrons. The van der Waals surface area contributed by atoms with Crippen molar-refractivity contribution in [1.82, 2.24) is 0 Å². The fourth-order valence-corrected chi connectivity index (χ4v) is 0.993. The Hall–Kier alpha value is -1.59. The topological polar surface area (TPSA) is 87.0 Å². The molecule has 0 saturated heterocycles. The maximum atomic E-state index is 11.4. The van der Waals surface area contributed by atoms with E-state index < -0.39 is 25.3 Å². The third-order valence-electron chi connectivity index (χ3n) is 1.80. The lowest BCUT2D eigenvalue weighted by Gasteiger charge is -2.12. The summed E-state index contributed by atoms with van der Waals surface area (Å²) in [6.45, 7) is -0.925. The van der Waals surface area contributed by atoms with Gasteiger partial charge in [-0.3, -0.25) is 0 Å². The molecule has 0 saturated carbocycles. The number of ether oxygens (including phenoxy) is 1. The summed E-state index contributed by atoms with van der Waals surface area (Å²) < 4.78 is 4.72. The Labute approximate surface area is 86.5 Å². The summed E-state index contributed by atoms with van der Waals surface area (Å²) in [7, 11) is 0. The lowest BCUT2D eigenvalue weighted by Crippen LogP contribution is -2.25. The van der Waals surface area contributed by atoms with Crippen molar-refractivity contribution in [2.45, 2.75) is 6.10 Å². The maximum Gasteiger partial charge on any atom is 0.342 e. The van der Waals surface area contributed by atoms with E-state index in [1.807, 2.05) is 0 Å². The average molecular weight is 212 g/mol. The fraction of sp³-hybridized carbons (Fsp3) is 0.300. The van der Waals surface area contributed by atoms with Gasteiger partial charge in [0.25, 0.3) is 0 Å². The van der Waals surface area contributed by atoms with Crippen LogP contribution in [-0.4, -0.2) is 40.6 Å². The van der Waals surface area contributed by atoms with Crippen LogP contribution >= 0.6 is 0 Å². The molecule has 1 rings (SSSR count). The highest BCUT2D eigenvalue weighted by Crippen LogP contribution is 2.17. The molecule has 0 heterocycles. The third-order valence-corrected chi connectivity index (χ3v) is 1.80. The molecule has 3 N–H and O–H groups in total. The summed E-state index contributed by atoms with van der Waals surface area (Å²) in [5, 5.41) is 26.7. The molecule has 0 aromatic heterocycles. The zero-order chi connectivity index (χ0) is 11.3. The Morgan fingerprint density at radius 2 is 1.87 bits per heavy atom. The second kappa shape index (κ2) is 5.33. The van der Waals surface area contributed by atoms with E-state index in [0.29, 0.717) is 0 Å². The number of aliphatic hydroxyl groups is 2. The van der Waals surface area contributed by atoms with E-state index in [2.05, 4.69) is 0 Å². The molecule has 0 aliphatic carbocycles. The van der Waals surface area contributed by atoms with Crippen molar-refractivity contribution >= 4 is 5.97 Å². The highest BCUT2D eigenvalue weighted by atomic mass is 16.6. The number of benzene rings is 1. The van der Waals surface area contributed by atoms with Crippen LogP contribution in [0.3, 0.4) is 0 Å². The van der Waals surface area contributed by atoms with Gasteiger partial charge in [-0.2, -0.15) is 0 Å². The van der Waals surface area contributed by atoms with E-state index in [1.165, 1.54) is 12.1 Å². The number of para-hydroxylation sites is 1. The van der Waals surface area contributed by atoms with Crippen LogP contribution in [0.5, 0.6) is 5.75 Å². The van der Waals surface area contributed by atoms with Crippen molar-refractivity contribution in [2.75, 3.05) is 13.2 Å². The van der Waals surface area contributed by atoms with E-state index in [1.54, 1.807) is 12.1 Å². The molecule has 0 spiro atoms. The van der Waals surface area contributed by atoms with E-state index >= 15 is 0 Å². The van der Waals surface area contributed by atoms with Crippen LogP contribution in [0.1, 0.15) is 10.4 Å². The molecule has 0 fully saturated rings. The molecule has 1 aromatic rings. The summed E-state index contributed by atoms with van der Waals surface area (Å²) in [5.41, 5.74) is 0.00407. The normalized spacial score (nSPS) is 10.3. The van der Waals surface area contributed by atoms with E-state index in [-0.39, 0.29) is 11.3 Å². The average Bonchev–Trinajstić information content (AvgIpc) is 2.26. The number of hydrogen-bond acceptors (Lipinski definition) is 5. The van der Waals surface area contributed by atoms with Crippen molar-refractivity contribution in [1.29, 1.82) is 0 Å². The minimum Gasteiger partial charge on any atom is -0.507 e. The summed E-state index contributed by atoms with van der Waals surface area (Å²) in [5.74, 6) is -0.974. The molecular weight excluding hydrogens is 200 g/mol. The van der Waals surface area contributed by atoms with Crippen LogP contribution in [0.2, 0.25) is 0 Å². The van der Waals surface area contributed by atoms with Gasteiger partial charge in [0, 0.05) is 0 Å². The van der Waals surface area contributed by atoms with E-state index in [0.717, 1.165) is 0 Å². The number of carbonyl (C=O) groups is 1. The summed E-state index contributed by atoms with van der Waals surface area (Å²) in [6, 6.07) is 5.89. The molecule has 15 heavy (non-hydrogen) atoms. The number of carbonyl (C=O) groups excluding carboxylic acids is 1. The number of phenols is 1. The van der Waals surface area contributed by atoms with Gasteiger partial charge in [0.15, 0.2) is 0 Å². The first-order valence-corrected chi connectivity index (χ1v) is 4.39. The van der Waals surface area contributed by atoms with Gasteiger partial charge < -0.3 is 20.1 Å². The van der Waals surface area contributed by atoms with Gasteiger partial charge in [-0.15, -0.1) is 0 Å². The molecule has 5 nitrogen and oxygen atoms in total. The molecule has 0 unspecified atom stereocenters. The molecule has 0 bridgehead atoms. The lowest BCUT2D eigenvalue weighted by atomic mass is 10.2. The maximum absolute atomic E-state index is 11.4. The molecule has 5 heteroatoms. The predicted octanol–water partition coefficient (Wildman–Crippen LogP) is -0.0978. The Balaban J connectivity index is 2.73. The van der Waals surface area contributed by atoms with Crippen LogP contribution in [0.4, 0.5) is 0 Å². The first-order chi connectivity index (χ1) is 7.19. The lowest BCUT2D eigenvalue weighted by molar-refractivity contribution is -0.00567. The monoisotopic (exact) mass is 212 g/mol. The number of aliphatic hydroxyl groups excluding tert-OH is 2. The van der Waals surface area contributed by atoms with Gasteiger partial charge in [0.1, 0.15) is 17.4 Å². The highest BCUT2D eigenvalue weighted by molar-refractivity contribution is 5.92. The van der Waals surface area contributed by atoms with Gasteiger partial charge in [0.2, 0.25) is 0 Å². The van der Waals surface area contributed by atoms with Crippen molar-refractivity contribution in [2.24, 2.45) is 0 Å². The van der Waals surface area contributed by atoms with Crippen LogP contribution in [0, 0.1) is 0 Å². The van der Waals surface area contributed by atoms with Crippen LogP contribution in [-0.2, 0) is 4.74 Å². The fourth-order valence-electron chi connectivity index (χ4n) is 0.993. The van der Waals surface area contributed by atoms with Crippen LogP contribution in [0.25, 0.3) is 0 Å². The molecule has 0 aliphatic rings. The SMILES string of the molecule is O=C(OC(CO)CO)c1ccccc1O. The minimum absolute atomic E-state index is 0.00407. The number of aromatic hydroxyl groups is 1. The number of hydrogen-bond donors (Lipinski definition) is 3. The van der Waals surface area contributed by atoms with Crippen molar-refractivity contribution in [3.63, 3.8) is 0 Å². The smallest absolute Gasteiger partial charge is 0.342 e. The molecule has 82 valence electrons. The standard InChI is InChI=1S/C10H12O5/c11-5-7(6-12)15-10(14)8-3-1-2-4-9(8)13/h1-4,7,11-13H,5-6H2. The summed E-state index contributed by atoms with van der Waals surface area (Å²) in [4.78, 5) is 11.4. The second-order valence-electron chi connectivity index (χ2n) is 2.91. The van der Waals surface area contributed by atoms with Crippen molar-refractivity contribution in [3.05, 3.63) is 29.8 Å². The predicted molar refractivity (Wildman–Crippen MR) is 51.5 cm³/mol. The first kappa shape index (κ1) is 11.5. The molecule has 0 atom stereocenters. The zero-order valence-electron chi connectivity index (χ0n) is 7.96. The number of phenolic OH excluding ortho intramolecular Hbond substituents is 1. The Bertz CT molecular complexity index is 332. The van der Waals surface area contributed by atoms with Gasteiger partial charge >= 0.3 is 5.97 Å². The Kier molecular flexibility index (Phi) is 4.08. The van der Waals surface area contributed by atoms with Crippen molar-refractivity contribution < 1.29 is 24.9 Å². The second-order valence-corrected chi connectivity index (χ2v) is 2.91. The summed E-state index contributed by atoms with van der Waals surface area (Å²) in [6.07, 6.45) is -0.961. The molecule has 0 amide bonds. The zero-order valence-corrected chi connectivity index (χ0v) is 7.96. The molecule has 1 aromatic carbocycles. The number of rotatable bonds is 4. The van der Waals surface area contributed by atoms with Crippen LogP contribution < -0.4 is 0 Å². The third kappa shape index (κ3) is 2.93. The summed E-state index contributed by atoms with van der Waals surface area (Å²) >= 11 is 0. The minimum atomic E-state index is -0.961. The van der Waals surface area contributed by atoms with Gasteiger partial charge in [0.05, 0.1) is 13.2 Å². The first-order valence-electron chi connectivity index (χ1n) is 4.39. The Morgan fingerprint density at radius 1 is 1.27 bits per heavy atom. The molecular formula is C10H12O5. The van der Waals surface area contributed by atoms with Crippen molar-refractivity contribution in [3.8, 4) is 5.75 Å². The number of esters is 1.